The highest BCUT2D eigenvalue weighted by atomic mass is 32.2. The Morgan fingerprint density at radius 3 is 2.12 bits per heavy atom. The molecule has 0 radical (unpaired) electrons. The molecule has 1 unspecified atom stereocenters. The maximum absolute atomic E-state index is 13.7. The van der Waals surface area contributed by atoms with Crippen molar-refractivity contribution in [2.24, 2.45) is 0 Å². The summed E-state index contributed by atoms with van der Waals surface area (Å²) in [6.07, 6.45) is 4.32. The van der Waals surface area contributed by atoms with Crippen LogP contribution in [0.2, 0.25) is 0 Å². The molecule has 11 heteroatoms. The highest BCUT2D eigenvalue weighted by Crippen LogP contribution is 2.61. The third kappa shape index (κ3) is 6.32. The molecule has 0 N–H and O–H groups in total. The van der Waals surface area contributed by atoms with Crippen LogP contribution in [0.15, 0.2) is 83.9 Å². The number of rotatable bonds is 10. The Morgan fingerprint density at radius 1 is 0.878 bits per heavy atom. The van der Waals surface area contributed by atoms with E-state index < -0.39 is 37.7 Å². The number of nitrogens with zero attached hydrogens (tertiary/aromatic N) is 1. The summed E-state index contributed by atoms with van der Waals surface area (Å²) < 4.78 is 72.6. The van der Waals surface area contributed by atoms with Crippen molar-refractivity contribution in [3.05, 3.63) is 95.7 Å². The van der Waals surface area contributed by atoms with Gasteiger partial charge in [0.1, 0.15) is 0 Å². The van der Waals surface area contributed by atoms with Crippen LogP contribution in [0, 0.1) is 0 Å². The Bertz CT molecular complexity index is 1840. The molecular formula is C30H34NO7PS2. The van der Waals surface area contributed by atoms with Crippen LogP contribution >= 0.6 is 7.60 Å². The van der Waals surface area contributed by atoms with Gasteiger partial charge in [-0.2, -0.15) is 0 Å². The second-order valence-electron chi connectivity index (χ2n) is 10.5. The fourth-order valence-electron chi connectivity index (χ4n) is 4.74. The lowest BCUT2D eigenvalue weighted by atomic mass is 9.92. The molecule has 0 amide bonds. The monoisotopic (exact) mass is 615 g/mol. The van der Waals surface area contributed by atoms with Crippen LogP contribution < -0.4 is 0 Å². The number of benzene rings is 3. The summed E-state index contributed by atoms with van der Waals surface area (Å²) in [7, 11) is -7.82. The molecule has 0 saturated carbocycles. The number of hydrogen-bond donors (Lipinski definition) is 0. The lowest BCUT2D eigenvalue weighted by Gasteiger charge is -2.26. The van der Waals surface area contributed by atoms with Crippen LogP contribution in [0.25, 0.3) is 22.0 Å². The van der Waals surface area contributed by atoms with Crippen molar-refractivity contribution in [3.8, 4) is 11.1 Å². The average molecular weight is 616 g/mol. The number of fused-ring (bicyclic) bond motifs is 1. The summed E-state index contributed by atoms with van der Waals surface area (Å²) in [4.78, 5) is 4.75. The molecule has 4 aromatic rings. The molecule has 0 aliphatic carbocycles. The third-order valence-electron chi connectivity index (χ3n) is 7.58. The predicted molar refractivity (Wildman–Crippen MR) is 163 cm³/mol. The number of pyridine rings is 1. The molecule has 1 aromatic heterocycles. The maximum atomic E-state index is 13.7. The zero-order chi connectivity index (χ0) is 30.2. The van der Waals surface area contributed by atoms with Gasteiger partial charge in [0.15, 0.2) is 19.7 Å². The molecule has 0 bridgehead atoms. The normalized spacial score (nSPS) is 13.8. The summed E-state index contributed by atoms with van der Waals surface area (Å²) in [6.45, 7) is 3.37. The molecular weight excluding hydrogens is 581 g/mol. The highest BCUT2D eigenvalue weighted by molar-refractivity contribution is 7.91. The van der Waals surface area contributed by atoms with Gasteiger partial charge in [0.2, 0.25) is 0 Å². The molecule has 218 valence electrons. The van der Waals surface area contributed by atoms with Crippen LogP contribution in [0.1, 0.15) is 36.2 Å². The Kier molecular flexibility index (Phi) is 8.65. The van der Waals surface area contributed by atoms with E-state index in [2.05, 4.69) is 4.98 Å². The molecule has 0 spiro atoms. The first-order valence-corrected chi connectivity index (χ1v) is 18.2. The molecule has 3 aromatic carbocycles. The SMILES string of the molecule is COP(=O)(OC)C(Cc1cccc(-c2cc(C(C)(C)S(C)(=O)=O)cc3cccnc23)c1)c1ccc(S(C)(=O)=O)cc1. The van der Waals surface area contributed by atoms with E-state index >= 15 is 0 Å². The van der Waals surface area contributed by atoms with Gasteiger partial charge in [0.05, 0.1) is 20.8 Å². The lowest BCUT2D eigenvalue weighted by Crippen LogP contribution is -2.28. The first-order chi connectivity index (χ1) is 19.1. The van der Waals surface area contributed by atoms with Gasteiger partial charge in [0.25, 0.3) is 0 Å². The molecule has 0 saturated heterocycles. The average Bonchev–Trinajstić information content (AvgIpc) is 2.94. The molecule has 1 atom stereocenters. The van der Waals surface area contributed by atoms with Gasteiger partial charge >= 0.3 is 7.60 Å². The van der Waals surface area contributed by atoms with Crippen LogP contribution in [-0.4, -0.2) is 48.6 Å². The van der Waals surface area contributed by atoms with Crippen molar-refractivity contribution >= 4 is 38.2 Å². The summed E-state index contributed by atoms with van der Waals surface area (Å²) in [6, 6.07) is 21.3. The second kappa shape index (κ2) is 11.4. The summed E-state index contributed by atoms with van der Waals surface area (Å²) in [5.41, 5.74) is 3.68. The van der Waals surface area contributed by atoms with Crippen LogP contribution in [0.5, 0.6) is 0 Å². The summed E-state index contributed by atoms with van der Waals surface area (Å²) in [5, 5.41) is 0.814. The Hall–Kier alpha value is -2.88. The second-order valence-corrected chi connectivity index (χ2v) is 17.6. The zero-order valence-corrected chi connectivity index (χ0v) is 26.4. The van der Waals surface area contributed by atoms with Gasteiger partial charge in [-0.3, -0.25) is 9.55 Å². The van der Waals surface area contributed by atoms with Gasteiger partial charge in [-0.05, 0) is 72.9 Å². The Labute approximate surface area is 242 Å². The van der Waals surface area contributed by atoms with Gasteiger partial charge in [0, 0.05) is 43.9 Å². The van der Waals surface area contributed by atoms with Gasteiger partial charge in [-0.1, -0.05) is 42.5 Å². The first kappa shape index (κ1) is 31.1. The largest absolute Gasteiger partial charge is 0.337 e. The standard InChI is InChI=1S/C30H34NO7PS2/c1-30(2,41(6,35)36)25-19-24-11-8-16-31-29(24)27(20-25)23-10-7-9-21(17-23)18-28(39(32,37-3)38-4)22-12-14-26(15-13-22)40(5,33)34/h7-17,19-20,28H,18H2,1-6H3. The molecule has 0 aliphatic rings. The lowest BCUT2D eigenvalue weighted by molar-refractivity contribution is 0.265. The Balaban J connectivity index is 1.84. The molecule has 8 nitrogen and oxygen atoms in total. The summed E-state index contributed by atoms with van der Waals surface area (Å²) in [5.74, 6) is 0. The molecule has 0 fully saturated rings. The number of sulfone groups is 2. The smallest absolute Gasteiger partial charge is 0.312 e. The van der Waals surface area contributed by atoms with Crippen molar-refractivity contribution < 1.29 is 30.4 Å². The van der Waals surface area contributed by atoms with Crippen LogP contribution in [0.3, 0.4) is 0 Å². The minimum absolute atomic E-state index is 0.156. The first-order valence-electron chi connectivity index (χ1n) is 12.8. The fraction of sp³-hybridized carbons (Fsp3) is 0.300. The van der Waals surface area contributed by atoms with E-state index in [0.717, 1.165) is 33.8 Å². The van der Waals surface area contributed by atoms with Crippen molar-refractivity contribution in [2.45, 2.75) is 35.6 Å². The van der Waals surface area contributed by atoms with Crippen molar-refractivity contribution in [3.63, 3.8) is 0 Å². The van der Waals surface area contributed by atoms with E-state index in [1.165, 1.54) is 32.6 Å². The molecule has 4 rings (SSSR count). The fourth-order valence-corrected chi connectivity index (χ4v) is 7.55. The van der Waals surface area contributed by atoms with Crippen LogP contribution in [0.4, 0.5) is 0 Å². The predicted octanol–water partition coefficient (Wildman–Crippen LogP) is 6.35. The van der Waals surface area contributed by atoms with E-state index in [1.807, 2.05) is 48.5 Å². The van der Waals surface area contributed by atoms with E-state index in [0.29, 0.717) is 11.1 Å². The van der Waals surface area contributed by atoms with E-state index in [9.17, 15) is 21.4 Å². The molecule has 41 heavy (non-hydrogen) atoms. The third-order valence-corrected chi connectivity index (χ3v) is 13.1. The topological polar surface area (TPSA) is 117 Å². The zero-order valence-electron chi connectivity index (χ0n) is 23.9. The van der Waals surface area contributed by atoms with E-state index in [1.54, 1.807) is 32.2 Å². The quantitative estimate of drug-likeness (QED) is 0.189. The minimum Gasteiger partial charge on any atom is -0.312 e. The van der Waals surface area contributed by atoms with Gasteiger partial charge in [-0.25, -0.2) is 16.8 Å². The van der Waals surface area contributed by atoms with Crippen molar-refractivity contribution in [1.29, 1.82) is 0 Å². The van der Waals surface area contributed by atoms with E-state index in [4.69, 9.17) is 9.05 Å². The summed E-state index contributed by atoms with van der Waals surface area (Å²) >= 11 is 0. The van der Waals surface area contributed by atoms with Crippen molar-refractivity contribution in [2.75, 3.05) is 26.7 Å². The van der Waals surface area contributed by atoms with Gasteiger partial charge < -0.3 is 9.05 Å². The van der Waals surface area contributed by atoms with Gasteiger partial charge in [-0.15, -0.1) is 0 Å². The van der Waals surface area contributed by atoms with Crippen molar-refractivity contribution in [1.82, 2.24) is 4.98 Å². The van der Waals surface area contributed by atoms with E-state index in [-0.39, 0.29) is 11.3 Å². The highest BCUT2D eigenvalue weighted by Gasteiger charge is 2.36. The molecule has 0 aliphatic heterocycles. The number of hydrogen-bond acceptors (Lipinski definition) is 8. The van der Waals surface area contributed by atoms with Crippen LogP contribution in [-0.2, 0) is 44.5 Å². The Morgan fingerprint density at radius 2 is 1.54 bits per heavy atom. The number of aromatic nitrogens is 1. The minimum atomic E-state index is -3.64. The maximum Gasteiger partial charge on any atom is 0.337 e. The molecule has 1 heterocycles.